The zero-order chi connectivity index (χ0) is 15.4. The van der Waals surface area contributed by atoms with Crippen molar-refractivity contribution in [3.8, 4) is 0 Å². The zero-order valence-corrected chi connectivity index (χ0v) is 13.7. The second-order valence-corrected chi connectivity index (χ2v) is 6.42. The Morgan fingerprint density at radius 2 is 1.64 bits per heavy atom. The smallest absolute Gasteiger partial charge is 0.134 e. The summed E-state index contributed by atoms with van der Waals surface area (Å²) >= 11 is 0. The van der Waals surface area contributed by atoms with Crippen LogP contribution in [0.3, 0.4) is 0 Å². The molecule has 0 unspecified atom stereocenters. The van der Waals surface area contributed by atoms with E-state index in [-0.39, 0.29) is 0 Å². The Balaban J connectivity index is 1.61. The van der Waals surface area contributed by atoms with Crippen molar-refractivity contribution >= 4 is 11.6 Å². The SMILES string of the molecule is CC(C)NC1CCN(c2cc(N3CCOCC3)ncn2)CC1. The van der Waals surface area contributed by atoms with Crippen molar-refractivity contribution in [2.24, 2.45) is 0 Å². The fraction of sp³-hybridized carbons (Fsp3) is 0.750. The van der Waals surface area contributed by atoms with Crippen molar-refractivity contribution < 1.29 is 4.74 Å². The van der Waals surface area contributed by atoms with Gasteiger partial charge in [0.2, 0.25) is 0 Å². The average Bonchev–Trinajstić information content (AvgIpc) is 2.56. The molecule has 1 N–H and O–H groups in total. The summed E-state index contributed by atoms with van der Waals surface area (Å²) in [6.07, 6.45) is 4.04. The van der Waals surface area contributed by atoms with Gasteiger partial charge in [-0.2, -0.15) is 0 Å². The van der Waals surface area contributed by atoms with Gasteiger partial charge in [-0.05, 0) is 12.8 Å². The number of rotatable bonds is 4. The molecule has 0 saturated carbocycles. The fourth-order valence-corrected chi connectivity index (χ4v) is 3.22. The van der Waals surface area contributed by atoms with Crippen LogP contribution in [0.4, 0.5) is 11.6 Å². The quantitative estimate of drug-likeness (QED) is 0.904. The third-order valence-corrected chi connectivity index (χ3v) is 4.36. The number of aromatic nitrogens is 2. The monoisotopic (exact) mass is 305 g/mol. The Bertz CT molecular complexity index is 467. The molecule has 0 aromatic carbocycles. The molecule has 0 amide bonds. The molecular formula is C16H27N5O. The topological polar surface area (TPSA) is 53.5 Å². The molecule has 122 valence electrons. The van der Waals surface area contributed by atoms with Crippen LogP contribution >= 0.6 is 0 Å². The van der Waals surface area contributed by atoms with Crippen LogP contribution in [0.2, 0.25) is 0 Å². The van der Waals surface area contributed by atoms with Crippen molar-refractivity contribution in [3.05, 3.63) is 12.4 Å². The van der Waals surface area contributed by atoms with Gasteiger partial charge in [0.05, 0.1) is 13.2 Å². The lowest BCUT2D eigenvalue weighted by molar-refractivity contribution is 0.122. The molecule has 1 aromatic heterocycles. The molecule has 22 heavy (non-hydrogen) atoms. The third-order valence-electron chi connectivity index (χ3n) is 4.36. The standard InChI is InChI=1S/C16H27N5O/c1-13(2)19-14-3-5-20(6-4-14)15-11-16(18-12-17-15)21-7-9-22-10-8-21/h11-14,19H,3-10H2,1-2H3. The molecule has 0 atom stereocenters. The van der Waals surface area contributed by atoms with Crippen LogP contribution in [0.1, 0.15) is 26.7 Å². The molecule has 6 nitrogen and oxygen atoms in total. The molecular weight excluding hydrogens is 278 g/mol. The van der Waals surface area contributed by atoms with E-state index in [9.17, 15) is 0 Å². The first-order valence-electron chi connectivity index (χ1n) is 8.38. The first kappa shape index (κ1) is 15.5. The molecule has 6 heteroatoms. The highest BCUT2D eigenvalue weighted by Crippen LogP contribution is 2.22. The minimum atomic E-state index is 0.559. The summed E-state index contributed by atoms with van der Waals surface area (Å²) in [5.74, 6) is 2.08. The zero-order valence-electron chi connectivity index (χ0n) is 13.7. The van der Waals surface area contributed by atoms with Crippen molar-refractivity contribution in [2.75, 3.05) is 49.2 Å². The number of anilines is 2. The van der Waals surface area contributed by atoms with Gasteiger partial charge in [0.15, 0.2) is 0 Å². The van der Waals surface area contributed by atoms with Crippen molar-refractivity contribution in [1.29, 1.82) is 0 Å². The molecule has 2 saturated heterocycles. The summed E-state index contributed by atoms with van der Waals surface area (Å²) in [5, 5.41) is 3.64. The first-order chi connectivity index (χ1) is 10.7. The number of nitrogens with zero attached hydrogens (tertiary/aromatic N) is 4. The maximum absolute atomic E-state index is 5.41. The maximum Gasteiger partial charge on any atom is 0.134 e. The van der Waals surface area contributed by atoms with E-state index in [2.05, 4.69) is 45.0 Å². The average molecular weight is 305 g/mol. The van der Waals surface area contributed by atoms with E-state index in [4.69, 9.17) is 4.74 Å². The number of hydrogen-bond acceptors (Lipinski definition) is 6. The molecule has 1 aromatic rings. The van der Waals surface area contributed by atoms with Crippen LogP contribution < -0.4 is 15.1 Å². The number of piperidine rings is 1. The van der Waals surface area contributed by atoms with E-state index in [1.54, 1.807) is 6.33 Å². The second kappa shape index (κ2) is 7.24. The van der Waals surface area contributed by atoms with E-state index in [0.29, 0.717) is 12.1 Å². The summed E-state index contributed by atoms with van der Waals surface area (Å²) in [5.41, 5.74) is 0. The predicted molar refractivity (Wildman–Crippen MR) is 88.6 cm³/mol. The Kier molecular flexibility index (Phi) is 5.10. The van der Waals surface area contributed by atoms with Crippen LogP contribution in [0.25, 0.3) is 0 Å². The highest BCUT2D eigenvalue weighted by atomic mass is 16.5. The Morgan fingerprint density at radius 1 is 1.05 bits per heavy atom. The van der Waals surface area contributed by atoms with Gasteiger partial charge in [-0.15, -0.1) is 0 Å². The Hall–Kier alpha value is -1.40. The highest BCUT2D eigenvalue weighted by molar-refractivity contribution is 5.50. The summed E-state index contributed by atoms with van der Waals surface area (Å²) in [6.45, 7) is 9.94. The van der Waals surface area contributed by atoms with Crippen molar-refractivity contribution in [3.63, 3.8) is 0 Å². The maximum atomic E-state index is 5.41. The molecule has 0 spiro atoms. The van der Waals surface area contributed by atoms with E-state index < -0.39 is 0 Å². The van der Waals surface area contributed by atoms with Crippen molar-refractivity contribution in [2.45, 2.75) is 38.8 Å². The Labute approximate surface area is 132 Å². The third kappa shape index (κ3) is 3.87. The van der Waals surface area contributed by atoms with Gasteiger partial charge in [-0.1, -0.05) is 13.8 Å². The highest BCUT2D eigenvalue weighted by Gasteiger charge is 2.21. The largest absolute Gasteiger partial charge is 0.378 e. The molecule has 0 radical (unpaired) electrons. The van der Waals surface area contributed by atoms with Gasteiger partial charge in [0.25, 0.3) is 0 Å². The van der Waals surface area contributed by atoms with Gasteiger partial charge in [-0.3, -0.25) is 0 Å². The number of hydrogen-bond donors (Lipinski definition) is 1. The van der Waals surface area contributed by atoms with E-state index in [1.165, 1.54) is 12.8 Å². The minimum absolute atomic E-state index is 0.559. The minimum Gasteiger partial charge on any atom is -0.378 e. The molecule has 3 rings (SSSR count). The summed E-state index contributed by atoms with van der Waals surface area (Å²) in [7, 11) is 0. The lowest BCUT2D eigenvalue weighted by Gasteiger charge is -2.34. The predicted octanol–water partition coefficient (Wildman–Crippen LogP) is 1.28. The van der Waals surface area contributed by atoms with Gasteiger partial charge in [0, 0.05) is 44.3 Å². The molecule has 0 bridgehead atoms. The van der Waals surface area contributed by atoms with Crippen molar-refractivity contribution in [1.82, 2.24) is 15.3 Å². The number of ether oxygens (including phenoxy) is 1. The van der Waals surface area contributed by atoms with Crippen LogP contribution in [-0.2, 0) is 4.74 Å². The summed E-state index contributed by atoms with van der Waals surface area (Å²) in [4.78, 5) is 13.6. The fourth-order valence-electron chi connectivity index (χ4n) is 3.22. The molecule has 2 aliphatic rings. The van der Waals surface area contributed by atoms with Crippen LogP contribution in [0.5, 0.6) is 0 Å². The number of nitrogens with one attached hydrogen (secondary N) is 1. The van der Waals surface area contributed by atoms with E-state index >= 15 is 0 Å². The Morgan fingerprint density at radius 3 is 2.23 bits per heavy atom. The van der Waals surface area contributed by atoms with Crippen LogP contribution in [0, 0.1) is 0 Å². The first-order valence-corrected chi connectivity index (χ1v) is 8.38. The second-order valence-electron chi connectivity index (χ2n) is 6.42. The van der Waals surface area contributed by atoms with E-state index in [0.717, 1.165) is 51.0 Å². The van der Waals surface area contributed by atoms with E-state index in [1.807, 2.05) is 0 Å². The number of morpholine rings is 1. The van der Waals surface area contributed by atoms with Gasteiger partial charge < -0.3 is 19.9 Å². The summed E-state index contributed by atoms with van der Waals surface area (Å²) < 4.78 is 5.41. The molecule has 0 aliphatic carbocycles. The lowest BCUT2D eigenvalue weighted by atomic mass is 10.0. The molecule has 2 fully saturated rings. The lowest BCUT2D eigenvalue weighted by Crippen LogP contribution is -2.45. The van der Waals surface area contributed by atoms with Gasteiger partial charge in [-0.25, -0.2) is 9.97 Å². The normalized spacial score (nSPS) is 20.7. The summed E-state index contributed by atoms with van der Waals surface area (Å²) in [6, 6.07) is 3.32. The van der Waals surface area contributed by atoms with Crippen LogP contribution in [-0.4, -0.2) is 61.4 Å². The molecule has 2 aliphatic heterocycles. The molecule has 3 heterocycles. The van der Waals surface area contributed by atoms with Gasteiger partial charge in [0.1, 0.15) is 18.0 Å². The van der Waals surface area contributed by atoms with Crippen LogP contribution in [0.15, 0.2) is 12.4 Å². The van der Waals surface area contributed by atoms with Gasteiger partial charge >= 0.3 is 0 Å².